The van der Waals surface area contributed by atoms with E-state index in [9.17, 15) is 4.39 Å². The fourth-order valence-electron chi connectivity index (χ4n) is 2.41. The number of rotatable bonds is 6. The lowest BCUT2D eigenvalue weighted by Crippen LogP contribution is -2.06. The summed E-state index contributed by atoms with van der Waals surface area (Å²) >= 11 is 1.33. The Balaban J connectivity index is 1.44. The van der Waals surface area contributed by atoms with Gasteiger partial charge < -0.3 is 15.5 Å². The summed E-state index contributed by atoms with van der Waals surface area (Å²) in [6.07, 6.45) is 1.60. The third kappa shape index (κ3) is 4.44. The lowest BCUT2D eigenvalue weighted by molar-refractivity contribution is 0.466. The molecule has 0 aliphatic rings. The Bertz CT molecular complexity index is 1070. The SMILES string of the molecule is Nc1nc(CSc2ncc(-c3ccc(F)cc3)o2)nc(Nc2ccccc2)n1. The zero-order chi connectivity index (χ0) is 19.3. The minimum Gasteiger partial charge on any atom is -0.431 e. The van der Waals surface area contributed by atoms with E-state index < -0.39 is 0 Å². The van der Waals surface area contributed by atoms with Crippen LogP contribution in [0.1, 0.15) is 5.82 Å². The van der Waals surface area contributed by atoms with E-state index in [2.05, 4.69) is 25.3 Å². The van der Waals surface area contributed by atoms with Gasteiger partial charge in [0.05, 0.1) is 11.9 Å². The van der Waals surface area contributed by atoms with Gasteiger partial charge in [0.15, 0.2) is 5.76 Å². The smallest absolute Gasteiger partial charge is 0.256 e. The lowest BCUT2D eigenvalue weighted by Gasteiger charge is -2.06. The minimum absolute atomic E-state index is 0.128. The summed E-state index contributed by atoms with van der Waals surface area (Å²) < 4.78 is 18.7. The molecule has 0 unspecified atom stereocenters. The van der Waals surface area contributed by atoms with Gasteiger partial charge in [-0.1, -0.05) is 30.0 Å². The number of nitrogens with one attached hydrogen (secondary N) is 1. The second-order valence-corrected chi connectivity index (χ2v) is 6.64. The maximum Gasteiger partial charge on any atom is 0.256 e. The van der Waals surface area contributed by atoms with Crippen LogP contribution in [0.4, 0.5) is 22.0 Å². The molecule has 0 saturated heterocycles. The van der Waals surface area contributed by atoms with Crippen molar-refractivity contribution in [2.45, 2.75) is 11.0 Å². The number of aromatic nitrogens is 4. The molecule has 2 heterocycles. The summed E-state index contributed by atoms with van der Waals surface area (Å²) in [5.41, 5.74) is 7.39. The molecule has 7 nitrogen and oxygen atoms in total. The van der Waals surface area contributed by atoms with Crippen LogP contribution in [-0.4, -0.2) is 19.9 Å². The Morgan fingerprint density at radius 1 is 1.00 bits per heavy atom. The van der Waals surface area contributed by atoms with E-state index in [1.807, 2.05) is 30.3 Å². The maximum absolute atomic E-state index is 13.0. The van der Waals surface area contributed by atoms with E-state index in [0.717, 1.165) is 11.3 Å². The molecule has 0 aliphatic heterocycles. The monoisotopic (exact) mass is 394 g/mol. The minimum atomic E-state index is -0.301. The highest BCUT2D eigenvalue weighted by Gasteiger charge is 2.10. The van der Waals surface area contributed by atoms with Crippen molar-refractivity contribution in [3.05, 3.63) is 72.4 Å². The summed E-state index contributed by atoms with van der Waals surface area (Å²) in [5.74, 6) is 1.66. The first-order valence-electron chi connectivity index (χ1n) is 8.33. The van der Waals surface area contributed by atoms with Gasteiger partial charge in [-0.15, -0.1) is 0 Å². The average molecular weight is 394 g/mol. The lowest BCUT2D eigenvalue weighted by atomic mass is 10.2. The van der Waals surface area contributed by atoms with Crippen molar-refractivity contribution in [1.82, 2.24) is 19.9 Å². The summed E-state index contributed by atoms with van der Waals surface area (Å²) in [4.78, 5) is 16.8. The molecule has 140 valence electrons. The van der Waals surface area contributed by atoms with E-state index in [-0.39, 0.29) is 11.8 Å². The Morgan fingerprint density at radius 2 is 1.79 bits per heavy atom. The van der Waals surface area contributed by atoms with Crippen molar-refractivity contribution < 1.29 is 8.81 Å². The highest BCUT2D eigenvalue weighted by molar-refractivity contribution is 7.98. The molecule has 9 heteroatoms. The second-order valence-electron chi connectivity index (χ2n) is 5.71. The van der Waals surface area contributed by atoms with Gasteiger partial charge in [0.2, 0.25) is 11.9 Å². The molecular weight excluding hydrogens is 379 g/mol. The first-order valence-corrected chi connectivity index (χ1v) is 9.31. The van der Waals surface area contributed by atoms with Crippen molar-refractivity contribution in [2.24, 2.45) is 0 Å². The van der Waals surface area contributed by atoms with Crippen molar-refractivity contribution in [3.63, 3.8) is 0 Å². The van der Waals surface area contributed by atoms with Crippen molar-refractivity contribution >= 4 is 29.3 Å². The predicted octanol–water partition coefficient (Wildman–Crippen LogP) is 4.28. The van der Waals surface area contributed by atoms with Gasteiger partial charge in [-0.3, -0.25) is 0 Å². The maximum atomic E-state index is 13.0. The molecule has 28 heavy (non-hydrogen) atoms. The summed E-state index contributed by atoms with van der Waals surface area (Å²) in [6, 6.07) is 15.6. The van der Waals surface area contributed by atoms with Gasteiger partial charge in [-0.05, 0) is 36.4 Å². The van der Waals surface area contributed by atoms with Gasteiger partial charge in [0, 0.05) is 11.3 Å². The van der Waals surface area contributed by atoms with Crippen LogP contribution in [0, 0.1) is 5.82 Å². The fourth-order valence-corrected chi connectivity index (χ4v) is 3.07. The first kappa shape index (κ1) is 17.9. The van der Waals surface area contributed by atoms with Crippen LogP contribution < -0.4 is 11.1 Å². The molecule has 0 atom stereocenters. The van der Waals surface area contributed by atoms with Crippen LogP contribution in [-0.2, 0) is 5.75 Å². The molecule has 0 aliphatic carbocycles. The standard InChI is InChI=1S/C19H15FN6OS/c20-13-8-6-12(7-9-13)15-10-22-19(27-15)28-11-16-24-17(21)26-18(25-16)23-14-4-2-1-3-5-14/h1-10H,11H2,(H3,21,23,24,25,26). The first-order chi connectivity index (χ1) is 13.7. The van der Waals surface area contributed by atoms with Gasteiger partial charge in [0.1, 0.15) is 11.6 Å². The van der Waals surface area contributed by atoms with Crippen LogP contribution in [0.15, 0.2) is 70.4 Å². The summed E-state index contributed by atoms with van der Waals surface area (Å²) in [6.45, 7) is 0. The normalized spacial score (nSPS) is 10.8. The Hall–Kier alpha value is -3.46. The molecule has 4 rings (SSSR count). The van der Waals surface area contributed by atoms with E-state index in [0.29, 0.717) is 28.5 Å². The van der Waals surface area contributed by atoms with E-state index >= 15 is 0 Å². The number of thioether (sulfide) groups is 1. The number of anilines is 3. The molecule has 4 aromatic rings. The molecule has 0 amide bonds. The van der Waals surface area contributed by atoms with Crippen molar-refractivity contribution in [3.8, 4) is 11.3 Å². The molecule has 0 saturated carbocycles. The summed E-state index contributed by atoms with van der Waals surface area (Å²) in [7, 11) is 0. The van der Waals surface area contributed by atoms with Crippen LogP contribution >= 0.6 is 11.8 Å². The molecule has 0 spiro atoms. The van der Waals surface area contributed by atoms with Gasteiger partial charge in [0.25, 0.3) is 5.22 Å². The molecule has 3 N–H and O–H groups in total. The predicted molar refractivity (Wildman–Crippen MR) is 105 cm³/mol. The largest absolute Gasteiger partial charge is 0.431 e. The molecule has 0 radical (unpaired) electrons. The highest BCUT2D eigenvalue weighted by atomic mass is 32.2. The number of para-hydroxylation sites is 1. The molecule has 2 aromatic heterocycles. The molecule has 0 fully saturated rings. The Kier molecular flexibility index (Phi) is 5.16. The number of halogens is 1. The topological polar surface area (TPSA) is 103 Å². The van der Waals surface area contributed by atoms with Crippen LogP contribution in [0.2, 0.25) is 0 Å². The molecular formula is C19H15FN6OS. The van der Waals surface area contributed by atoms with E-state index in [1.165, 1.54) is 23.9 Å². The Morgan fingerprint density at radius 3 is 2.57 bits per heavy atom. The fraction of sp³-hybridized carbons (Fsp3) is 0.0526. The number of nitrogens with two attached hydrogens (primary N) is 1. The number of benzene rings is 2. The zero-order valence-electron chi connectivity index (χ0n) is 14.5. The van der Waals surface area contributed by atoms with E-state index in [4.69, 9.17) is 10.2 Å². The van der Waals surface area contributed by atoms with Gasteiger partial charge in [-0.2, -0.15) is 15.0 Å². The Labute approximate surface area is 164 Å². The third-order valence-electron chi connectivity index (χ3n) is 3.67. The van der Waals surface area contributed by atoms with Crippen molar-refractivity contribution in [2.75, 3.05) is 11.1 Å². The third-order valence-corrected chi connectivity index (χ3v) is 4.51. The van der Waals surface area contributed by atoms with Gasteiger partial charge >= 0.3 is 0 Å². The number of nitrogen functional groups attached to an aromatic ring is 1. The highest BCUT2D eigenvalue weighted by Crippen LogP contribution is 2.27. The van der Waals surface area contributed by atoms with Crippen LogP contribution in [0.5, 0.6) is 0 Å². The number of nitrogens with zero attached hydrogens (tertiary/aromatic N) is 4. The summed E-state index contributed by atoms with van der Waals surface area (Å²) in [5, 5.41) is 3.55. The quantitative estimate of drug-likeness (QED) is 0.467. The number of oxazole rings is 1. The van der Waals surface area contributed by atoms with Gasteiger partial charge in [-0.25, -0.2) is 9.37 Å². The number of hydrogen-bond donors (Lipinski definition) is 2. The zero-order valence-corrected chi connectivity index (χ0v) is 15.4. The van der Waals surface area contributed by atoms with Crippen LogP contribution in [0.3, 0.4) is 0 Å². The van der Waals surface area contributed by atoms with Crippen molar-refractivity contribution in [1.29, 1.82) is 0 Å². The van der Waals surface area contributed by atoms with Crippen LogP contribution in [0.25, 0.3) is 11.3 Å². The number of hydrogen-bond acceptors (Lipinski definition) is 8. The average Bonchev–Trinajstić information content (AvgIpc) is 3.16. The van der Waals surface area contributed by atoms with E-state index in [1.54, 1.807) is 18.3 Å². The molecule has 0 bridgehead atoms. The molecule has 2 aromatic carbocycles. The second kappa shape index (κ2) is 8.05.